The predicted molar refractivity (Wildman–Crippen MR) is 90.8 cm³/mol. The first kappa shape index (κ1) is 16.1. The van der Waals surface area contributed by atoms with Gasteiger partial charge in [-0.25, -0.2) is 0 Å². The van der Waals surface area contributed by atoms with Crippen LogP contribution in [0, 0.1) is 6.92 Å². The average Bonchev–Trinajstić information content (AvgIpc) is 2.52. The number of nitrogens with one attached hydrogen (secondary N) is 1. The summed E-state index contributed by atoms with van der Waals surface area (Å²) in [5.74, 6) is 1.01. The highest BCUT2D eigenvalue weighted by molar-refractivity contribution is 7.98. The third kappa shape index (κ3) is 5.54. The Balaban J connectivity index is 1.97. The summed E-state index contributed by atoms with van der Waals surface area (Å²) in [5.41, 5.74) is 4.04. The van der Waals surface area contributed by atoms with E-state index in [2.05, 4.69) is 60.8 Å². The fourth-order valence-electron chi connectivity index (χ4n) is 2.12. The zero-order valence-corrected chi connectivity index (χ0v) is 13.6. The van der Waals surface area contributed by atoms with E-state index in [1.807, 2.05) is 11.8 Å². The summed E-state index contributed by atoms with van der Waals surface area (Å²) in [4.78, 5) is 1.36. The van der Waals surface area contributed by atoms with Gasteiger partial charge < -0.3 is 10.1 Å². The molecule has 0 heterocycles. The lowest BCUT2D eigenvalue weighted by Gasteiger charge is -2.11. The lowest BCUT2D eigenvalue weighted by Crippen LogP contribution is -2.19. The first-order valence-electron chi connectivity index (χ1n) is 7.25. The molecule has 1 N–H and O–H groups in total. The smallest absolute Gasteiger partial charge is 0.0587 e. The molecule has 0 saturated heterocycles. The Kier molecular flexibility index (Phi) is 6.80. The highest BCUT2D eigenvalue weighted by atomic mass is 32.2. The summed E-state index contributed by atoms with van der Waals surface area (Å²) in [5, 5.41) is 3.43. The Morgan fingerprint density at radius 1 is 1.10 bits per heavy atom. The van der Waals surface area contributed by atoms with Crippen LogP contribution in [0.1, 0.15) is 16.7 Å². The summed E-state index contributed by atoms with van der Waals surface area (Å²) >= 11 is 1.90. The number of aryl methyl sites for hydroxylation is 1. The molecular formula is C18H23NOS. The number of rotatable bonds is 8. The van der Waals surface area contributed by atoms with E-state index in [0.717, 1.165) is 25.4 Å². The highest BCUT2D eigenvalue weighted by Gasteiger charge is 2.04. The molecule has 2 aromatic carbocycles. The highest BCUT2D eigenvalue weighted by Crippen LogP contribution is 2.27. The van der Waals surface area contributed by atoms with Crippen LogP contribution >= 0.6 is 11.8 Å². The second kappa shape index (κ2) is 8.88. The minimum atomic E-state index is 0.748. The van der Waals surface area contributed by atoms with Crippen molar-refractivity contribution in [2.45, 2.75) is 24.1 Å². The summed E-state index contributed by atoms with van der Waals surface area (Å²) in [6.07, 6.45) is 0. The van der Waals surface area contributed by atoms with Crippen LogP contribution in [0.4, 0.5) is 0 Å². The molecule has 0 bridgehead atoms. The van der Waals surface area contributed by atoms with Crippen molar-refractivity contribution in [2.75, 3.05) is 20.3 Å². The van der Waals surface area contributed by atoms with E-state index < -0.39 is 0 Å². The molecule has 2 rings (SSSR count). The molecule has 0 unspecified atom stereocenters. The standard InChI is InChI=1S/C18H23NOS/c1-15-8-9-18(17(12-15)13-19-10-11-20-2)21-14-16-6-4-3-5-7-16/h3-9,12,19H,10-11,13-14H2,1-2H3. The van der Waals surface area contributed by atoms with Gasteiger partial charge >= 0.3 is 0 Å². The second-order valence-electron chi connectivity index (χ2n) is 5.06. The maximum absolute atomic E-state index is 5.07. The van der Waals surface area contributed by atoms with Gasteiger partial charge in [-0.3, -0.25) is 0 Å². The predicted octanol–water partition coefficient (Wildman–Crippen LogP) is 4.02. The molecule has 21 heavy (non-hydrogen) atoms. The summed E-state index contributed by atoms with van der Waals surface area (Å²) in [7, 11) is 1.73. The molecule has 3 heteroatoms. The van der Waals surface area contributed by atoms with Crippen LogP contribution in [0.15, 0.2) is 53.4 Å². The van der Waals surface area contributed by atoms with E-state index in [0.29, 0.717) is 0 Å². The first-order valence-corrected chi connectivity index (χ1v) is 8.24. The topological polar surface area (TPSA) is 21.3 Å². The van der Waals surface area contributed by atoms with Crippen LogP contribution in [0.25, 0.3) is 0 Å². The molecule has 0 aliphatic rings. The van der Waals surface area contributed by atoms with Gasteiger partial charge in [0.2, 0.25) is 0 Å². The Morgan fingerprint density at radius 2 is 1.90 bits per heavy atom. The molecule has 0 aliphatic carbocycles. The lowest BCUT2D eigenvalue weighted by molar-refractivity contribution is 0.199. The average molecular weight is 301 g/mol. The first-order chi connectivity index (χ1) is 10.3. The molecule has 2 aromatic rings. The van der Waals surface area contributed by atoms with Crippen LogP contribution in [0.3, 0.4) is 0 Å². The lowest BCUT2D eigenvalue weighted by atomic mass is 10.1. The molecule has 0 radical (unpaired) electrons. The van der Waals surface area contributed by atoms with Gasteiger partial charge in [0.25, 0.3) is 0 Å². The van der Waals surface area contributed by atoms with Crippen molar-refractivity contribution < 1.29 is 4.74 Å². The Hall–Kier alpha value is -1.29. The van der Waals surface area contributed by atoms with Crippen molar-refractivity contribution in [3.05, 3.63) is 65.2 Å². The summed E-state index contributed by atoms with van der Waals surface area (Å²) in [6.45, 7) is 4.66. The van der Waals surface area contributed by atoms with Crippen molar-refractivity contribution in [3.63, 3.8) is 0 Å². The van der Waals surface area contributed by atoms with Crippen LogP contribution in [-0.4, -0.2) is 20.3 Å². The van der Waals surface area contributed by atoms with Gasteiger partial charge in [0.05, 0.1) is 6.61 Å². The minimum Gasteiger partial charge on any atom is -0.383 e. The molecule has 0 aromatic heterocycles. The summed E-state index contributed by atoms with van der Waals surface area (Å²) < 4.78 is 5.07. The van der Waals surface area contributed by atoms with Crippen LogP contribution in [0.5, 0.6) is 0 Å². The van der Waals surface area contributed by atoms with Crippen molar-refractivity contribution in [3.8, 4) is 0 Å². The number of ether oxygens (including phenoxy) is 1. The molecule has 2 nitrogen and oxygen atoms in total. The minimum absolute atomic E-state index is 0.748. The molecule has 0 atom stereocenters. The molecule has 0 aliphatic heterocycles. The van der Waals surface area contributed by atoms with E-state index in [-0.39, 0.29) is 0 Å². The van der Waals surface area contributed by atoms with Crippen LogP contribution in [-0.2, 0) is 17.0 Å². The van der Waals surface area contributed by atoms with Gasteiger partial charge in [0.15, 0.2) is 0 Å². The fraction of sp³-hybridized carbons (Fsp3) is 0.333. The zero-order valence-electron chi connectivity index (χ0n) is 12.8. The van der Waals surface area contributed by atoms with E-state index in [1.165, 1.54) is 21.6 Å². The largest absolute Gasteiger partial charge is 0.383 e. The quantitative estimate of drug-likeness (QED) is 0.588. The number of thioether (sulfide) groups is 1. The van der Waals surface area contributed by atoms with Crippen LogP contribution < -0.4 is 5.32 Å². The SMILES string of the molecule is COCCNCc1cc(C)ccc1SCc1ccccc1. The maximum Gasteiger partial charge on any atom is 0.0587 e. The van der Waals surface area contributed by atoms with E-state index in [4.69, 9.17) is 4.74 Å². The normalized spacial score (nSPS) is 10.8. The van der Waals surface area contributed by atoms with E-state index in [9.17, 15) is 0 Å². The number of methoxy groups -OCH3 is 1. The van der Waals surface area contributed by atoms with Crippen molar-refractivity contribution in [2.24, 2.45) is 0 Å². The second-order valence-corrected chi connectivity index (χ2v) is 6.07. The van der Waals surface area contributed by atoms with Gasteiger partial charge in [-0.05, 0) is 24.1 Å². The van der Waals surface area contributed by atoms with Gasteiger partial charge in [-0.2, -0.15) is 0 Å². The van der Waals surface area contributed by atoms with Crippen molar-refractivity contribution in [1.82, 2.24) is 5.32 Å². The van der Waals surface area contributed by atoms with Gasteiger partial charge in [0.1, 0.15) is 0 Å². The van der Waals surface area contributed by atoms with Crippen LogP contribution in [0.2, 0.25) is 0 Å². The maximum atomic E-state index is 5.07. The van der Waals surface area contributed by atoms with Crippen molar-refractivity contribution in [1.29, 1.82) is 0 Å². The third-order valence-electron chi connectivity index (χ3n) is 3.25. The Morgan fingerprint density at radius 3 is 2.67 bits per heavy atom. The summed E-state index contributed by atoms with van der Waals surface area (Å²) in [6, 6.07) is 17.3. The number of hydrogen-bond acceptors (Lipinski definition) is 3. The van der Waals surface area contributed by atoms with Gasteiger partial charge in [-0.15, -0.1) is 11.8 Å². The Labute approximate surface area is 131 Å². The molecule has 0 fully saturated rings. The number of benzene rings is 2. The third-order valence-corrected chi connectivity index (χ3v) is 4.44. The van der Waals surface area contributed by atoms with Gasteiger partial charge in [0, 0.05) is 30.8 Å². The molecule has 112 valence electrons. The molecule has 0 spiro atoms. The Bertz CT molecular complexity index is 542. The molecule has 0 saturated carbocycles. The zero-order chi connectivity index (χ0) is 14.9. The monoisotopic (exact) mass is 301 g/mol. The fourth-order valence-corrected chi connectivity index (χ4v) is 3.12. The molecular weight excluding hydrogens is 278 g/mol. The number of hydrogen-bond donors (Lipinski definition) is 1. The van der Waals surface area contributed by atoms with E-state index in [1.54, 1.807) is 7.11 Å². The molecule has 0 amide bonds. The van der Waals surface area contributed by atoms with E-state index >= 15 is 0 Å². The van der Waals surface area contributed by atoms with Crippen molar-refractivity contribution >= 4 is 11.8 Å². The van der Waals surface area contributed by atoms with Gasteiger partial charge in [-0.1, -0.05) is 48.0 Å².